The zero-order valence-electron chi connectivity index (χ0n) is 36.0. The number of aliphatic hydroxyl groups excluding tert-OH is 4. The number of fused-ring (bicyclic) bond motifs is 2. The highest BCUT2D eigenvalue weighted by atomic mass is 16.7. The van der Waals surface area contributed by atoms with Gasteiger partial charge in [-0.3, -0.25) is 14.4 Å². The second kappa shape index (κ2) is 20.6. The van der Waals surface area contributed by atoms with Gasteiger partial charge in [-0.15, -0.1) is 0 Å². The van der Waals surface area contributed by atoms with Crippen LogP contribution in [0.2, 0.25) is 0 Å². The molecule has 0 aliphatic carbocycles. The van der Waals surface area contributed by atoms with E-state index < -0.39 is 107 Å². The molecule has 0 amide bonds. The van der Waals surface area contributed by atoms with Crippen LogP contribution in [0.4, 0.5) is 0 Å². The first-order valence-electron chi connectivity index (χ1n) is 21.1. The van der Waals surface area contributed by atoms with Crippen molar-refractivity contribution in [1.29, 1.82) is 0 Å². The van der Waals surface area contributed by atoms with Crippen LogP contribution in [0, 0.1) is 53.3 Å². The Morgan fingerprint density at radius 1 is 0.842 bits per heavy atom. The first kappa shape index (κ1) is 48.8. The van der Waals surface area contributed by atoms with E-state index >= 15 is 0 Å². The molecule has 0 aromatic rings. The van der Waals surface area contributed by atoms with Crippen LogP contribution in [0.3, 0.4) is 0 Å². The quantitative estimate of drug-likeness (QED) is 0.238. The largest absolute Gasteiger partial charge is 0.458 e. The van der Waals surface area contributed by atoms with Gasteiger partial charge in [0.2, 0.25) is 5.79 Å². The van der Waals surface area contributed by atoms with Crippen LogP contribution in [-0.4, -0.2) is 103 Å². The molecule has 12 nitrogen and oxygen atoms in total. The molecule has 3 rings (SSSR count). The molecule has 5 N–H and O–H groups in total. The van der Waals surface area contributed by atoms with Crippen molar-refractivity contribution >= 4 is 23.3 Å². The van der Waals surface area contributed by atoms with Gasteiger partial charge in [0.15, 0.2) is 11.6 Å². The average Bonchev–Trinajstić information content (AvgIpc) is 3.16. The van der Waals surface area contributed by atoms with E-state index in [0.29, 0.717) is 25.7 Å². The van der Waals surface area contributed by atoms with Gasteiger partial charge in [0.05, 0.1) is 42.5 Å². The Labute approximate surface area is 340 Å². The number of hydrogen-bond donors (Lipinski definition) is 5. The monoisotopic (exact) mass is 805 g/mol. The molecule has 324 valence electrons. The summed E-state index contributed by atoms with van der Waals surface area (Å²) in [6.45, 7) is 18.3. The van der Waals surface area contributed by atoms with Crippen molar-refractivity contribution in [3.05, 3.63) is 36.5 Å². The van der Waals surface area contributed by atoms with Crippen molar-refractivity contribution in [1.82, 2.24) is 0 Å². The lowest BCUT2D eigenvalue weighted by molar-refractivity contribution is -0.344. The number of aliphatic hydroxyl groups is 5. The van der Waals surface area contributed by atoms with Crippen LogP contribution >= 0.6 is 0 Å². The molecular weight excluding hydrogens is 732 g/mol. The Kier molecular flexibility index (Phi) is 17.6. The molecule has 18 unspecified atom stereocenters. The highest BCUT2D eigenvalue weighted by Crippen LogP contribution is 2.47. The van der Waals surface area contributed by atoms with Crippen molar-refractivity contribution < 1.29 is 58.9 Å². The minimum atomic E-state index is -2.21. The number of ether oxygens (including phenoxy) is 3. The summed E-state index contributed by atoms with van der Waals surface area (Å²) >= 11 is 0. The van der Waals surface area contributed by atoms with Crippen LogP contribution in [0.5, 0.6) is 0 Å². The lowest BCUT2D eigenvalue weighted by Gasteiger charge is -2.54. The van der Waals surface area contributed by atoms with E-state index in [-0.39, 0.29) is 30.0 Å². The third-order valence-electron chi connectivity index (χ3n) is 13.2. The average molecular weight is 805 g/mol. The molecule has 3 aliphatic heterocycles. The van der Waals surface area contributed by atoms with E-state index in [9.17, 15) is 44.7 Å². The summed E-state index contributed by atoms with van der Waals surface area (Å²) in [5.74, 6) is -9.55. The topological polar surface area (TPSA) is 197 Å². The van der Waals surface area contributed by atoms with Crippen LogP contribution in [-0.2, 0) is 33.4 Å². The molecule has 1 spiro atoms. The Hall–Kier alpha value is -2.58. The van der Waals surface area contributed by atoms with Crippen LogP contribution in [0.15, 0.2) is 36.5 Å². The van der Waals surface area contributed by atoms with Gasteiger partial charge in [0, 0.05) is 42.1 Å². The molecule has 12 heteroatoms. The maximum atomic E-state index is 14.0. The van der Waals surface area contributed by atoms with Gasteiger partial charge < -0.3 is 39.7 Å². The van der Waals surface area contributed by atoms with E-state index in [1.165, 1.54) is 39.8 Å². The highest BCUT2D eigenvalue weighted by Gasteiger charge is 2.61. The van der Waals surface area contributed by atoms with Gasteiger partial charge in [0.1, 0.15) is 17.5 Å². The summed E-state index contributed by atoms with van der Waals surface area (Å²) in [4.78, 5) is 54.5. The van der Waals surface area contributed by atoms with Gasteiger partial charge in [-0.05, 0) is 63.7 Å². The smallest absolute Gasteiger partial charge is 0.330 e. The van der Waals surface area contributed by atoms with E-state index in [0.717, 1.165) is 6.42 Å². The second-order valence-corrected chi connectivity index (χ2v) is 17.9. The summed E-state index contributed by atoms with van der Waals surface area (Å²) < 4.78 is 19.4. The Balaban J connectivity index is 2.02. The SMILES string of the molecule is CCC1/C=C/C=C\CC(C)C(O)C(C)(O)C(=O)C(C)C(O)C(C)C(=O)C(C)C(O)C(C)/C=C/C(=O)OC2C(C)C(CC1)OC1(OC(CC(C)O)C(C)CC1=O)C2C. The maximum Gasteiger partial charge on any atom is 0.330 e. The summed E-state index contributed by atoms with van der Waals surface area (Å²) in [5, 5.41) is 55.0. The van der Waals surface area contributed by atoms with Crippen LogP contribution in [0.1, 0.15) is 115 Å². The molecule has 2 saturated heterocycles. The molecule has 3 heterocycles. The Morgan fingerprint density at radius 2 is 1.47 bits per heavy atom. The third-order valence-corrected chi connectivity index (χ3v) is 13.2. The van der Waals surface area contributed by atoms with E-state index in [1.807, 2.05) is 32.1 Å². The number of ketones is 3. The Morgan fingerprint density at radius 3 is 2.09 bits per heavy atom. The molecule has 0 aromatic carbocycles. The lowest BCUT2D eigenvalue weighted by atomic mass is 9.74. The fourth-order valence-electron chi connectivity index (χ4n) is 8.91. The van der Waals surface area contributed by atoms with E-state index in [2.05, 4.69) is 13.0 Å². The van der Waals surface area contributed by atoms with Gasteiger partial charge in [-0.1, -0.05) is 92.7 Å². The fourth-order valence-corrected chi connectivity index (χ4v) is 8.91. The number of carbonyl (C=O) groups excluding carboxylic acids is 4. The lowest BCUT2D eigenvalue weighted by Crippen LogP contribution is -2.66. The molecule has 0 radical (unpaired) electrons. The van der Waals surface area contributed by atoms with Gasteiger partial charge in [0.25, 0.3) is 0 Å². The molecule has 57 heavy (non-hydrogen) atoms. The maximum absolute atomic E-state index is 14.0. The van der Waals surface area contributed by atoms with Crippen LogP contribution in [0.25, 0.3) is 0 Å². The van der Waals surface area contributed by atoms with Crippen molar-refractivity contribution in [3.8, 4) is 0 Å². The van der Waals surface area contributed by atoms with Crippen LogP contribution < -0.4 is 0 Å². The van der Waals surface area contributed by atoms with E-state index in [1.54, 1.807) is 27.7 Å². The van der Waals surface area contributed by atoms with Crippen molar-refractivity contribution in [2.24, 2.45) is 53.3 Å². The van der Waals surface area contributed by atoms with Gasteiger partial charge >= 0.3 is 5.97 Å². The number of carbonyl (C=O) groups is 4. The minimum absolute atomic E-state index is 0.132. The predicted molar refractivity (Wildman–Crippen MR) is 215 cm³/mol. The Bertz CT molecular complexity index is 1470. The summed E-state index contributed by atoms with van der Waals surface area (Å²) in [5.41, 5.74) is -2.21. The van der Waals surface area contributed by atoms with Gasteiger partial charge in [-0.2, -0.15) is 0 Å². The second-order valence-electron chi connectivity index (χ2n) is 17.9. The fraction of sp³-hybridized carbons (Fsp3) is 0.778. The zero-order valence-corrected chi connectivity index (χ0v) is 36.0. The number of allylic oxidation sites excluding steroid dienone is 4. The molecule has 2 fully saturated rings. The molecule has 18 atom stereocenters. The highest BCUT2D eigenvalue weighted by molar-refractivity contribution is 5.91. The summed E-state index contributed by atoms with van der Waals surface area (Å²) in [7, 11) is 0. The standard InChI is InChI=1S/C45H72O12/c1-12-33-17-15-13-14-16-25(3)42(52)44(11,54)43(53)31(9)40(51)30(8)39(50)29(7)38(49)24(2)18-21-37(48)55-41-28(6)34(20-19-33)56-45(32(41)10)36(47)22-26(4)35(57-45)23-27(5)46/h13-15,17-18,21,24-35,38,40-42,46,49,51-52,54H,12,16,19-20,22-23H2,1-11H3/b14-13-,17-15+,21-18+. The summed E-state index contributed by atoms with van der Waals surface area (Å²) in [6, 6.07) is 0. The molecule has 2 bridgehead atoms. The first-order chi connectivity index (χ1) is 26.5. The summed E-state index contributed by atoms with van der Waals surface area (Å²) in [6.07, 6.45) is 6.53. The third kappa shape index (κ3) is 11.4. The normalized spacial score (nSPS) is 46.2. The molecular formula is C45H72O12. The van der Waals surface area contributed by atoms with Crippen molar-refractivity contribution in [2.45, 2.75) is 169 Å². The number of Topliss-reactive ketones (excluding diaryl/α,β-unsaturated/α-hetero) is 3. The minimum Gasteiger partial charge on any atom is -0.458 e. The molecule has 0 saturated carbocycles. The zero-order chi connectivity index (χ0) is 43.2. The van der Waals surface area contributed by atoms with Crippen molar-refractivity contribution in [3.63, 3.8) is 0 Å². The first-order valence-corrected chi connectivity index (χ1v) is 21.1. The number of esters is 1. The number of hydrogen-bond acceptors (Lipinski definition) is 12. The van der Waals surface area contributed by atoms with Crippen molar-refractivity contribution in [2.75, 3.05) is 0 Å². The van der Waals surface area contributed by atoms with E-state index in [4.69, 9.17) is 14.2 Å². The van der Waals surface area contributed by atoms with Gasteiger partial charge in [-0.25, -0.2) is 4.79 Å². The predicted octanol–water partition coefficient (Wildman–Crippen LogP) is 5.06. The number of rotatable bonds is 3. The molecule has 0 aromatic heterocycles. The molecule has 3 aliphatic rings.